The van der Waals surface area contributed by atoms with Gasteiger partial charge in [-0.1, -0.05) is 12.1 Å². The van der Waals surface area contributed by atoms with Gasteiger partial charge in [-0.2, -0.15) is 0 Å². The van der Waals surface area contributed by atoms with Gasteiger partial charge < -0.3 is 15.4 Å². The molecule has 21 heavy (non-hydrogen) atoms. The molecule has 0 saturated heterocycles. The molecule has 0 fully saturated rings. The van der Waals surface area contributed by atoms with Crippen molar-refractivity contribution >= 4 is 27.5 Å². The van der Waals surface area contributed by atoms with E-state index in [9.17, 15) is 4.79 Å². The molecule has 0 aromatic heterocycles. The zero-order valence-corrected chi connectivity index (χ0v) is 13.6. The Morgan fingerprint density at radius 1 is 1.29 bits per heavy atom. The van der Waals surface area contributed by atoms with E-state index in [1.165, 1.54) is 0 Å². The molecule has 0 saturated carbocycles. The molecule has 0 spiro atoms. The summed E-state index contributed by atoms with van der Waals surface area (Å²) in [5, 5.41) is 0. The van der Waals surface area contributed by atoms with E-state index in [1.54, 1.807) is 37.3 Å². The topological polar surface area (TPSA) is 55.6 Å². The normalized spacial score (nSPS) is 10.2. The summed E-state index contributed by atoms with van der Waals surface area (Å²) in [5.74, 6) is 0.644. The van der Waals surface area contributed by atoms with Crippen LogP contribution in [0.2, 0.25) is 0 Å². The van der Waals surface area contributed by atoms with E-state index in [4.69, 9.17) is 10.5 Å². The van der Waals surface area contributed by atoms with Gasteiger partial charge in [-0.05, 0) is 51.8 Å². The predicted octanol–water partition coefficient (Wildman–Crippen LogP) is 3.31. The molecule has 0 atom stereocenters. The van der Waals surface area contributed by atoms with E-state index in [-0.39, 0.29) is 5.91 Å². The van der Waals surface area contributed by atoms with Gasteiger partial charge >= 0.3 is 0 Å². The first-order valence-corrected chi connectivity index (χ1v) is 7.24. The number of halogens is 1. The van der Waals surface area contributed by atoms with Crippen LogP contribution in [0.1, 0.15) is 15.9 Å². The van der Waals surface area contributed by atoms with Gasteiger partial charge in [-0.25, -0.2) is 0 Å². The van der Waals surface area contributed by atoms with Crippen molar-refractivity contribution in [3.63, 3.8) is 0 Å². The van der Waals surface area contributed by atoms with Crippen LogP contribution in [0, 0.1) is 0 Å². The zero-order chi connectivity index (χ0) is 15.4. The summed E-state index contributed by atoms with van der Waals surface area (Å²) < 4.78 is 5.92. The summed E-state index contributed by atoms with van der Waals surface area (Å²) in [6.45, 7) is 0.507. The molecule has 0 radical (unpaired) electrons. The maximum Gasteiger partial charge on any atom is 0.253 e. The minimum atomic E-state index is -0.0548. The number of carbonyl (C=O) groups is 1. The lowest BCUT2D eigenvalue weighted by Crippen LogP contribution is -2.26. The third kappa shape index (κ3) is 3.76. The average Bonchev–Trinajstić information content (AvgIpc) is 2.46. The fourth-order valence-corrected chi connectivity index (χ4v) is 2.60. The lowest BCUT2D eigenvalue weighted by Gasteiger charge is -2.18. The van der Waals surface area contributed by atoms with Crippen molar-refractivity contribution in [2.24, 2.45) is 0 Å². The molecule has 0 aliphatic carbocycles. The minimum Gasteiger partial charge on any atom is -0.496 e. The number of methoxy groups -OCH3 is 1. The van der Waals surface area contributed by atoms with Crippen molar-refractivity contribution in [2.75, 3.05) is 19.9 Å². The molecule has 0 bridgehead atoms. The Morgan fingerprint density at radius 2 is 2.05 bits per heavy atom. The summed E-state index contributed by atoms with van der Waals surface area (Å²) in [5.41, 5.74) is 8.05. The molecule has 4 nitrogen and oxygen atoms in total. The molecule has 2 rings (SSSR count). The van der Waals surface area contributed by atoms with Crippen molar-refractivity contribution < 1.29 is 9.53 Å². The number of nitrogen functional groups attached to an aromatic ring is 1. The van der Waals surface area contributed by atoms with Crippen LogP contribution in [0.4, 0.5) is 5.69 Å². The van der Waals surface area contributed by atoms with E-state index in [1.807, 2.05) is 24.3 Å². The third-order valence-electron chi connectivity index (χ3n) is 3.12. The lowest BCUT2D eigenvalue weighted by atomic mass is 10.1. The molecular formula is C16H17BrN2O2. The van der Waals surface area contributed by atoms with E-state index in [2.05, 4.69) is 15.9 Å². The Labute approximate surface area is 132 Å². The van der Waals surface area contributed by atoms with E-state index >= 15 is 0 Å². The second-order valence-electron chi connectivity index (χ2n) is 4.76. The summed E-state index contributed by atoms with van der Waals surface area (Å²) in [6.07, 6.45) is 0. The fraction of sp³-hybridized carbons (Fsp3) is 0.188. The van der Waals surface area contributed by atoms with Crippen LogP contribution >= 0.6 is 15.9 Å². The largest absolute Gasteiger partial charge is 0.496 e. The van der Waals surface area contributed by atoms with Crippen molar-refractivity contribution in [3.8, 4) is 5.75 Å². The number of anilines is 1. The highest BCUT2D eigenvalue weighted by Crippen LogP contribution is 2.26. The highest BCUT2D eigenvalue weighted by atomic mass is 79.9. The molecule has 0 aliphatic rings. The van der Waals surface area contributed by atoms with Crippen LogP contribution in [-0.4, -0.2) is 25.0 Å². The Balaban J connectivity index is 2.14. The predicted molar refractivity (Wildman–Crippen MR) is 87.3 cm³/mol. The molecule has 0 unspecified atom stereocenters. The molecule has 0 aliphatic heterocycles. The highest BCUT2D eigenvalue weighted by Gasteiger charge is 2.14. The molecular weight excluding hydrogens is 332 g/mol. The maximum absolute atomic E-state index is 12.4. The number of hydrogen-bond donors (Lipinski definition) is 1. The molecule has 2 aromatic rings. The number of benzene rings is 2. The van der Waals surface area contributed by atoms with Crippen molar-refractivity contribution in [1.82, 2.24) is 4.90 Å². The summed E-state index contributed by atoms with van der Waals surface area (Å²) in [6, 6.07) is 12.8. The summed E-state index contributed by atoms with van der Waals surface area (Å²) in [4.78, 5) is 14.1. The minimum absolute atomic E-state index is 0.0548. The molecule has 2 N–H and O–H groups in total. The van der Waals surface area contributed by atoms with Crippen LogP contribution in [-0.2, 0) is 6.54 Å². The van der Waals surface area contributed by atoms with Gasteiger partial charge in [0.1, 0.15) is 5.75 Å². The maximum atomic E-state index is 12.4. The zero-order valence-electron chi connectivity index (χ0n) is 12.0. The monoisotopic (exact) mass is 348 g/mol. The first kappa shape index (κ1) is 15.4. The van der Waals surface area contributed by atoms with Crippen LogP contribution in [0.15, 0.2) is 46.9 Å². The van der Waals surface area contributed by atoms with Gasteiger partial charge in [0, 0.05) is 24.8 Å². The Morgan fingerprint density at radius 3 is 2.67 bits per heavy atom. The van der Waals surface area contributed by atoms with E-state index < -0.39 is 0 Å². The molecule has 2 aromatic carbocycles. The standard InChI is InChI=1S/C16H17BrN2O2/c1-19(10-11-4-3-5-13(18)8-11)16(20)12-6-7-15(21-2)14(17)9-12/h3-9H,10,18H2,1-2H3. The van der Waals surface area contributed by atoms with Crippen LogP contribution in [0.3, 0.4) is 0 Å². The van der Waals surface area contributed by atoms with E-state index in [0.717, 1.165) is 10.0 Å². The Kier molecular flexibility index (Phi) is 4.85. The smallest absolute Gasteiger partial charge is 0.253 e. The van der Waals surface area contributed by atoms with Gasteiger partial charge in [0.2, 0.25) is 0 Å². The van der Waals surface area contributed by atoms with Gasteiger partial charge in [0.05, 0.1) is 11.6 Å². The van der Waals surface area contributed by atoms with Gasteiger partial charge in [-0.15, -0.1) is 0 Å². The van der Waals surface area contributed by atoms with Crippen LogP contribution in [0.5, 0.6) is 5.75 Å². The first-order valence-electron chi connectivity index (χ1n) is 6.44. The first-order chi connectivity index (χ1) is 10.0. The van der Waals surface area contributed by atoms with Gasteiger partial charge in [-0.3, -0.25) is 4.79 Å². The number of rotatable bonds is 4. The lowest BCUT2D eigenvalue weighted by molar-refractivity contribution is 0.0785. The van der Waals surface area contributed by atoms with Crippen molar-refractivity contribution in [1.29, 1.82) is 0 Å². The van der Waals surface area contributed by atoms with E-state index in [0.29, 0.717) is 23.5 Å². The third-order valence-corrected chi connectivity index (χ3v) is 3.74. The number of carbonyl (C=O) groups excluding carboxylic acids is 1. The molecule has 110 valence electrons. The molecule has 0 heterocycles. The number of hydrogen-bond acceptors (Lipinski definition) is 3. The second kappa shape index (κ2) is 6.63. The van der Waals surface area contributed by atoms with Gasteiger partial charge in [0.15, 0.2) is 0 Å². The van der Waals surface area contributed by atoms with Gasteiger partial charge in [0.25, 0.3) is 5.91 Å². The average molecular weight is 349 g/mol. The number of nitrogens with two attached hydrogens (primary N) is 1. The second-order valence-corrected chi connectivity index (χ2v) is 5.61. The summed E-state index contributed by atoms with van der Waals surface area (Å²) in [7, 11) is 3.36. The number of amides is 1. The highest BCUT2D eigenvalue weighted by molar-refractivity contribution is 9.10. The van der Waals surface area contributed by atoms with Crippen LogP contribution < -0.4 is 10.5 Å². The molecule has 1 amide bonds. The SMILES string of the molecule is COc1ccc(C(=O)N(C)Cc2cccc(N)c2)cc1Br. The number of ether oxygens (including phenoxy) is 1. The number of nitrogens with zero attached hydrogens (tertiary/aromatic N) is 1. The molecule has 5 heteroatoms. The quantitative estimate of drug-likeness (QED) is 0.862. The Hall–Kier alpha value is -2.01. The van der Waals surface area contributed by atoms with Crippen molar-refractivity contribution in [3.05, 3.63) is 58.1 Å². The fourth-order valence-electron chi connectivity index (χ4n) is 2.06. The van der Waals surface area contributed by atoms with Crippen LogP contribution in [0.25, 0.3) is 0 Å². The summed E-state index contributed by atoms with van der Waals surface area (Å²) >= 11 is 3.39. The van der Waals surface area contributed by atoms with Crippen molar-refractivity contribution in [2.45, 2.75) is 6.54 Å². The Bertz CT molecular complexity index is 658.